The number of ether oxygens (including phenoxy) is 1. The fourth-order valence-electron chi connectivity index (χ4n) is 3.31. The van der Waals surface area contributed by atoms with Crippen molar-refractivity contribution in [2.45, 2.75) is 25.6 Å². The quantitative estimate of drug-likeness (QED) is 0.838. The molecule has 2 aromatic rings. The van der Waals surface area contributed by atoms with Crippen molar-refractivity contribution in [2.75, 3.05) is 11.9 Å². The summed E-state index contributed by atoms with van der Waals surface area (Å²) in [6.07, 6.45) is 1.51. The Hall–Kier alpha value is -2.50. The Balaban J connectivity index is 1.71. The molecule has 2 aliphatic heterocycles. The van der Waals surface area contributed by atoms with E-state index in [4.69, 9.17) is 16.3 Å². The number of rotatable bonds is 2. The van der Waals surface area contributed by atoms with Gasteiger partial charge in [-0.3, -0.25) is 4.90 Å². The van der Waals surface area contributed by atoms with Crippen LogP contribution in [0, 0.1) is 6.92 Å². The fraction of sp³-hybridized carbons (Fsp3) is 0.250. The lowest BCUT2D eigenvalue weighted by Gasteiger charge is -2.41. The van der Waals surface area contributed by atoms with Crippen LogP contribution < -0.4 is 5.32 Å². The summed E-state index contributed by atoms with van der Waals surface area (Å²) in [4.78, 5) is 6.40. The summed E-state index contributed by atoms with van der Waals surface area (Å²) in [6.45, 7) is 2.54. The van der Waals surface area contributed by atoms with Crippen molar-refractivity contribution in [3.8, 4) is 0 Å². The number of guanidine groups is 1. The maximum atomic E-state index is 10.1. The van der Waals surface area contributed by atoms with Crippen molar-refractivity contribution in [1.29, 1.82) is 0 Å². The van der Waals surface area contributed by atoms with E-state index in [1.54, 1.807) is 6.08 Å². The van der Waals surface area contributed by atoms with Crippen LogP contribution in [-0.2, 0) is 4.74 Å². The molecule has 26 heavy (non-hydrogen) atoms. The van der Waals surface area contributed by atoms with Crippen LogP contribution in [0.3, 0.4) is 0 Å². The van der Waals surface area contributed by atoms with E-state index in [0.29, 0.717) is 23.5 Å². The maximum Gasteiger partial charge on any atom is 0.208 e. The van der Waals surface area contributed by atoms with Crippen molar-refractivity contribution in [3.63, 3.8) is 0 Å². The van der Waals surface area contributed by atoms with E-state index in [2.05, 4.69) is 22.4 Å². The molecule has 0 spiro atoms. The molecule has 0 aromatic heterocycles. The SMILES string of the molecule is Cc1c(Cl)cccc1NC1=NC(O)C=C2OCCC(c3ccccc3)N21. The molecule has 2 aliphatic rings. The van der Waals surface area contributed by atoms with Gasteiger partial charge in [-0.05, 0) is 30.2 Å². The van der Waals surface area contributed by atoms with Gasteiger partial charge in [0.2, 0.25) is 5.96 Å². The van der Waals surface area contributed by atoms with Gasteiger partial charge in [0, 0.05) is 23.2 Å². The molecule has 2 atom stereocenters. The number of hydrogen-bond acceptors (Lipinski definition) is 5. The van der Waals surface area contributed by atoms with E-state index in [-0.39, 0.29) is 6.04 Å². The lowest BCUT2D eigenvalue weighted by atomic mass is 10.0. The number of fused-ring (bicyclic) bond motifs is 1. The van der Waals surface area contributed by atoms with Crippen LogP contribution in [0.15, 0.2) is 65.5 Å². The second kappa shape index (κ2) is 7.02. The van der Waals surface area contributed by atoms with Crippen LogP contribution in [-0.4, -0.2) is 28.8 Å². The summed E-state index contributed by atoms with van der Waals surface area (Å²) in [5, 5.41) is 14.1. The molecule has 2 unspecified atom stereocenters. The first-order chi connectivity index (χ1) is 12.6. The molecular formula is C20H20ClN3O2. The van der Waals surface area contributed by atoms with Crippen molar-refractivity contribution >= 4 is 23.2 Å². The Morgan fingerprint density at radius 1 is 1.19 bits per heavy atom. The summed E-state index contributed by atoms with van der Waals surface area (Å²) in [5.74, 6) is 1.17. The van der Waals surface area contributed by atoms with Gasteiger partial charge in [-0.25, -0.2) is 4.99 Å². The predicted octanol–water partition coefficient (Wildman–Crippen LogP) is 4.05. The minimum Gasteiger partial charge on any atom is -0.479 e. The van der Waals surface area contributed by atoms with E-state index in [1.807, 2.05) is 48.2 Å². The predicted molar refractivity (Wildman–Crippen MR) is 103 cm³/mol. The molecule has 5 nitrogen and oxygen atoms in total. The standard InChI is InChI=1S/C20H20ClN3O2/c1-13-15(21)8-5-9-16(13)22-20-23-18(25)12-19-24(20)17(10-11-26-19)14-6-3-2-4-7-14/h2-9,12,17-18,25H,10-11H2,1H3,(H,22,23). The number of nitrogens with one attached hydrogen (secondary N) is 1. The van der Waals surface area contributed by atoms with Gasteiger partial charge >= 0.3 is 0 Å². The molecule has 2 heterocycles. The highest BCUT2D eigenvalue weighted by Crippen LogP contribution is 2.35. The Kier molecular flexibility index (Phi) is 4.57. The van der Waals surface area contributed by atoms with Crippen LogP contribution in [0.1, 0.15) is 23.6 Å². The highest BCUT2D eigenvalue weighted by atomic mass is 35.5. The van der Waals surface area contributed by atoms with Gasteiger partial charge in [0.15, 0.2) is 12.1 Å². The number of halogens is 1. The lowest BCUT2D eigenvalue weighted by Crippen LogP contribution is -2.45. The van der Waals surface area contributed by atoms with Crippen molar-refractivity contribution in [3.05, 3.63) is 76.6 Å². The van der Waals surface area contributed by atoms with Crippen LogP contribution in [0.4, 0.5) is 5.69 Å². The van der Waals surface area contributed by atoms with E-state index < -0.39 is 6.23 Å². The molecule has 1 saturated heterocycles. The summed E-state index contributed by atoms with van der Waals surface area (Å²) in [5.41, 5.74) is 2.95. The van der Waals surface area contributed by atoms with Gasteiger partial charge in [-0.1, -0.05) is 48.0 Å². The first-order valence-electron chi connectivity index (χ1n) is 8.60. The zero-order valence-corrected chi connectivity index (χ0v) is 15.1. The van der Waals surface area contributed by atoms with Gasteiger partial charge in [0.05, 0.1) is 12.6 Å². The second-order valence-corrected chi connectivity index (χ2v) is 6.75. The molecule has 6 heteroatoms. The first-order valence-corrected chi connectivity index (χ1v) is 8.98. The number of aliphatic imine (C=N–C) groups is 1. The molecule has 0 bridgehead atoms. The zero-order chi connectivity index (χ0) is 18.1. The van der Waals surface area contributed by atoms with E-state index >= 15 is 0 Å². The van der Waals surface area contributed by atoms with E-state index in [1.165, 1.54) is 5.56 Å². The molecule has 0 aliphatic carbocycles. The average molecular weight is 370 g/mol. The fourth-order valence-corrected chi connectivity index (χ4v) is 3.48. The number of aliphatic hydroxyl groups is 1. The minimum atomic E-state index is -0.947. The number of benzene rings is 2. The largest absolute Gasteiger partial charge is 0.479 e. The second-order valence-electron chi connectivity index (χ2n) is 6.34. The van der Waals surface area contributed by atoms with Gasteiger partial charge in [0.25, 0.3) is 0 Å². The third-order valence-corrected chi connectivity index (χ3v) is 5.07. The first kappa shape index (κ1) is 16.9. The van der Waals surface area contributed by atoms with Crippen LogP contribution >= 0.6 is 11.6 Å². The number of aliphatic hydroxyl groups excluding tert-OH is 1. The number of nitrogens with zero attached hydrogens (tertiary/aromatic N) is 2. The Bertz CT molecular complexity index is 867. The monoisotopic (exact) mass is 369 g/mol. The smallest absolute Gasteiger partial charge is 0.208 e. The summed E-state index contributed by atoms with van der Waals surface area (Å²) in [7, 11) is 0. The highest BCUT2D eigenvalue weighted by molar-refractivity contribution is 6.31. The third kappa shape index (κ3) is 3.16. The number of anilines is 1. The Morgan fingerprint density at radius 3 is 2.81 bits per heavy atom. The summed E-state index contributed by atoms with van der Waals surface area (Å²) in [6, 6.07) is 16.0. The molecule has 0 amide bonds. The molecule has 0 saturated carbocycles. The van der Waals surface area contributed by atoms with Gasteiger partial charge < -0.3 is 15.2 Å². The van der Waals surface area contributed by atoms with Crippen molar-refractivity contribution in [1.82, 2.24) is 4.90 Å². The van der Waals surface area contributed by atoms with Gasteiger partial charge in [-0.2, -0.15) is 0 Å². The molecule has 2 N–H and O–H groups in total. The molecular weight excluding hydrogens is 350 g/mol. The van der Waals surface area contributed by atoms with Gasteiger partial charge in [-0.15, -0.1) is 0 Å². The van der Waals surface area contributed by atoms with Gasteiger partial charge in [0.1, 0.15) is 0 Å². The van der Waals surface area contributed by atoms with Crippen LogP contribution in [0.5, 0.6) is 0 Å². The van der Waals surface area contributed by atoms with E-state index in [0.717, 1.165) is 17.7 Å². The topological polar surface area (TPSA) is 57.1 Å². The van der Waals surface area contributed by atoms with Crippen molar-refractivity contribution in [2.24, 2.45) is 4.99 Å². The Morgan fingerprint density at radius 2 is 2.00 bits per heavy atom. The Labute approximate surface area is 157 Å². The highest BCUT2D eigenvalue weighted by Gasteiger charge is 2.35. The molecule has 2 aromatic carbocycles. The van der Waals surface area contributed by atoms with Crippen LogP contribution in [0.25, 0.3) is 0 Å². The average Bonchev–Trinajstić information content (AvgIpc) is 2.65. The minimum absolute atomic E-state index is 0.0782. The lowest BCUT2D eigenvalue weighted by molar-refractivity contribution is 0.0541. The summed E-state index contributed by atoms with van der Waals surface area (Å²) >= 11 is 6.24. The third-order valence-electron chi connectivity index (χ3n) is 4.66. The van der Waals surface area contributed by atoms with Crippen LogP contribution in [0.2, 0.25) is 5.02 Å². The molecule has 0 radical (unpaired) electrons. The number of hydrogen-bond donors (Lipinski definition) is 2. The summed E-state index contributed by atoms with van der Waals surface area (Å²) < 4.78 is 5.81. The molecule has 134 valence electrons. The van der Waals surface area contributed by atoms with E-state index in [9.17, 15) is 5.11 Å². The molecule has 1 fully saturated rings. The zero-order valence-electron chi connectivity index (χ0n) is 14.4. The molecule has 4 rings (SSSR count). The van der Waals surface area contributed by atoms with Crippen molar-refractivity contribution < 1.29 is 9.84 Å². The maximum absolute atomic E-state index is 10.1. The normalized spacial score (nSPS) is 22.0.